The topological polar surface area (TPSA) is 75.9 Å². The molecule has 3 rings (SSSR count). The molecule has 0 unspecified atom stereocenters. The molecule has 0 aromatic carbocycles. The number of carbonyl (C=O) groups is 2. The Hall–Kier alpha value is -1.89. The summed E-state index contributed by atoms with van der Waals surface area (Å²) in [6.07, 6.45) is 2.68. The minimum absolute atomic E-state index is 0.0226. The van der Waals surface area contributed by atoms with E-state index in [1.165, 1.54) is 0 Å². The van der Waals surface area contributed by atoms with Gasteiger partial charge in [0.2, 0.25) is 11.8 Å². The number of hydrogen-bond donors (Lipinski definition) is 0. The van der Waals surface area contributed by atoms with E-state index in [0.29, 0.717) is 25.9 Å². The third kappa shape index (κ3) is 3.31. The van der Waals surface area contributed by atoms with Gasteiger partial charge in [-0.2, -0.15) is 0 Å². The molecule has 132 valence electrons. The van der Waals surface area contributed by atoms with Crippen LogP contribution in [0.3, 0.4) is 0 Å². The van der Waals surface area contributed by atoms with E-state index in [2.05, 4.69) is 5.16 Å². The minimum Gasteiger partial charge on any atom is -0.366 e. The number of nitrogens with zero attached hydrogens (tertiary/aromatic N) is 3. The highest BCUT2D eigenvalue weighted by molar-refractivity contribution is 5.78. The van der Waals surface area contributed by atoms with Crippen LogP contribution in [-0.2, 0) is 20.7 Å². The van der Waals surface area contributed by atoms with Gasteiger partial charge in [0.1, 0.15) is 12.4 Å². The molecule has 0 aliphatic carbocycles. The van der Waals surface area contributed by atoms with Crippen LogP contribution in [0.2, 0.25) is 0 Å². The lowest BCUT2D eigenvalue weighted by Crippen LogP contribution is -2.52. The molecule has 0 N–H and O–H groups in total. The van der Waals surface area contributed by atoms with Crippen molar-refractivity contribution in [2.75, 3.05) is 26.7 Å². The summed E-state index contributed by atoms with van der Waals surface area (Å²) >= 11 is 0. The normalized spacial score (nSPS) is 24.7. The van der Waals surface area contributed by atoms with Crippen molar-refractivity contribution in [3.8, 4) is 0 Å². The molecular formula is C17H25N3O4. The molecule has 7 heteroatoms. The van der Waals surface area contributed by atoms with E-state index in [1.54, 1.807) is 4.90 Å². The maximum atomic E-state index is 12.6. The van der Waals surface area contributed by atoms with Crippen LogP contribution in [-0.4, -0.2) is 65.7 Å². The van der Waals surface area contributed by atoms with Gasteiger partial charge in [-0.15, -0.1) is 0 Å². The number of rotatable bonds is 3. The molecule has 2 aliphatic heterocycles. The first-order valence-electron chi connectivity index (χ1n) is 8.54. The van der Waals surface area contributed by atoms with E-state index in [1.807, 2.05) is 25.8 Å². The Kier molecular flexibility index (Phi) is 4.89. The van der Waals surface area contributed by atoms with Crippen LogP contribution < -0.4 is 0 Å². The van der Waals surface area contributed by atoms with Gasteiger partial charge in [-0.05, 0) is 33.1 Å². The number of aromatic nitrogens is 1. The smallest absolute Gasteiger partial charge is 0.248 e. The van der Waals surface area contributed by atoms with Crippen molar-refractivity contribution in [3.63, 3.8) is 0 Å². The summed E-state index contributed by atoms with van der Waals surface area (Å²) in [4.78, 5) is 28.0. The zero-order valence-electron chi connectivity index (χ0n) is 14.6. The molecule has 2 atom stereocenters. The van der Waals surface area contributed by atoms with Crippen molar-refractivity contribution in [1.29, 1.82) is 0 Å². The average molecular weight is 335 g/mol. The monoisotopic (exact) mass is 335 g/mol. The Labute approximate surface area is 141 Å². The van der Waals surface area contributed by atoms with Crippen molar-refractivity contribution in [3.05, 3.63) is 17.0 Å². The number of ether oxygens (including phenoxy) is 1. The molecule has 1 aromatic heterocycles. The SMILES string of the molecule is Cc1noc(C)c1CCC(=O)N1CC[C@@H]2OCC(=O)N(C)[C@H]2CC1. The lowest BCUT2D eigenvalue weighted by molar-refractivity contribution is -0.154. The summed E-state index contributed by atoms with van der Waals surface area (Å²) in [5.41, 5.74) is 1.89. The standard InChI is InChI=1S/C17H25N3O4/c1-11-13(12(2)24-18-11)4-5-16(21)20-8-6-14-15(7-9-20)23-10-17(22)19(14)3/h14-15H,4-10H2,1-3H3/t14-,15-/m0/s1. The number of morpholine rings is 1. The summed E-state index contributed by atoms with van der Waals surface area (Å²) in [5.74, 6) is 0.952. The largest absolute Gasteiger partial charge is 0.366 e. The zero-order chi connectivity index (χ0) is 17.3. The highest BCUT2D eigenvalue weighted by atomic mass is 16.5. The molecule has 24 heavy (non-hydrogen) atoms. The Morgan fingerprint density at radius 2 is 2.04 bits per heavy atom. The first-order chi connectivity index (χ1) is 11.5. The van der Waals surface area contributed by atoms with E-state index in [0.717, 1.165) is 29.9 Å². The van der Waals surface area contributed by atoms with Crippen molar-refractivity contribution in [2.45, 2.75) is 51.7 Å². The van der Waals surface area contributed by atoms with Crippen LogP contribution in [0.4, 0.5) is 0 Å². The maximum Gasteiger partial charge on any atom is 0.248 e. The van der Waals surface area contributed by atoms with Crippen LogP contribution >= 0.6 is 0 Å². The Balaban J connectivity index is 1.57. The number of hydrogen-bond acceptors (Lipinski definition) is 5. The fourth-order valence-corrected chi connectivity index (χ4v) is 3.66. The van der Waals surface area contributed by atoms with Crippen LogP contribution in [0.5, 0.6) is 0 Å². The van der Waals surface area contributed by atoms with Gasteiger partial charge in [0.15, 0.2) is 0 Å². The lowest BCUT2D eigenvalue weighted by atomic mass is 10.0. The van der Waals surface area contributed by atoms with Gasteiger partial charge >= 0.3 is 0 Å². The van der Waals surface area contributed by atoms with E-state index < -0.39 is 0 Å². The molecule has 7 nitrogen and oxygen atoms in total. The van der Waals surface area contributed by atoms with Gasteiger partial charge in [0.05, 0.1) is 17.8 Å². The average Bonchev–Trinajstić information content (AvgIpc) is 2.76. The van der Waals surface area contributed by atoms with Crippen LogP contribution in [0.25, 0.3) is 0 Å². The molecule has 2 amide bonds. The molecular weight excluding hydrogens is 310 g/mol. The second kappa shape index (κ2) is 6.93. The Morgan fingerprint density at radius 3 is 2.75 bits per heavy atom. The summed E-state index contributed by atoms with van der Waals surface area (Å²) in [5, 5.41) is 3.93. The molecule has 0 radical (unpaired) electrons. The summed E-state index contributed by atoms with van der Waals surface area (Å²) < 4.78 is 10.8. The molecule has 0 bridgehead atoms. The van der Waals surface area contributed by atoms with E-state index in [9.17, 15) is 9.59 Å². The second-order valence-electron chi connectivity index (χ2n) is 6.68. The maximum absolute atomic E-state index is 12.6. The minimum atomic E-state index is 0.0226. The summed E-state index contributed by atoms with van der Waals surface area (Å²) in [6, 6.07) is 0.0756. The Bertz CT molecular complexity index is 608. The van der Waals surface area contributed by atoms with Crippen molar-refractivity contribution < 1.29 is 18.8 Å². The number of carbonyl (C=O) groups excluding carboxylic acids is 2. The van der Waals surface area contributed by atoms with Gasteiger partial charge in [0, 0.05) is 32.1 Å². The number of likely N-dealkylation sites (tertiary alicyclic amines) is 1. The lowest BCUT2D eigenvalue weighted by Gasteiger charge is -2.37. The van der Waals surface area contributed by atoms with E-state index in [4.69, 9.17) is 9.26 Å². The molecule has 2 fully saturated rings. The highest BCUT2D eigenvalue weighted by Crippen LogP contribution is 2.24. The third-order valence-electron chi connectivity index (χ3n) is 5.24. The molecule has 2 saturated heterocycles. The molecule has 3 heterocycles. The second-order valence-corrected chi connectivity index (χ2v) is 6.68. The predicted octanol–water partition coefficient (Wildman–Crippen LogP) is 1.07. The van der Waals surface area contributed by atoms with Crippen molar-refractivity contribution in [2.24, 2.45) is 0 Å². The Morgan fingerprint density at radius 1 is 1.29 bits per heavy atom. The first-order valence-corrected chi connectivity index (χ1v) is 8.54. The number of fused-ring (bicyclic) bond motifs is 1. The fourth-order valence-electron chi connectivity index (χ4n) is 3.66. The molecule has 2 aliphatic rings. The van der Waals surface area contributed by atoms with Crippen LogP contribution in [0.15, 0.2) is 4.52 Å². The fraction of sp³-hybridized carbons (Fsp3) is 0.706. The molecule has 0 saturated carbocycles. The number of aryl methyl sites for hydroxylation is 2. The highest BCUT2D eigenvalue weighted by Gasteiger charge is 2.37. The number of amides is 2. The van der Waals surface area contributed by atoms with Gasteiger partial charge in [-0.1, -0.05) is 5.16 Å². The van der Waals surface area contributed by atoms with Crippen LogP contribution in [0, 0.1) is 13.8 Å². The van der Waals surface area contributed by atoms with E-state index >= 15 is 0 Å². The van der Waals surface area contributed by atoms with E-state index in [-0.39, 0.29) is 30.6 Å². The summed E-state index contributed by atoms with van der Waals surface area (Å²) in [7, 11) is 1.83. The number of likely N-dealkylation sites (N-methyl/N-ethyl adjacent to an activating group) is 1. The van der Waals surface area contributed by atoms with Gasteiger partial charge in [0.25, 0.3) is 0 Å². The van der Waals surface area contributed by atoms with Crippen molar-refractivity contribution in [1.82, 2.24) is 15.0 Å². The quantitative estimate of drug-likeness (QED) is 0.826. The van der Waals surface area contributed by atoms with Gasteiger partial charge in [-0.25, -0.2) is 0 Å². The van der Waals surface area contributed by atoms with Crippen molar-refractivity contribution >= 4 is 11.8 Å². The zero-order valence-corrected chi connectivity index (χ0v) is 14.6. The molecule has 0 spiro atoms. The third-order valence-corrected chi connectivity index (χ3v) is 5.24. The first kappa shape index (κ1) is 17.0. The summed E-state index contributed by atoms with van der Waals surface area (Å²) in [6.45, 7) is 5.28. The van der Waals surface area contributed by atoms with Gasteiger partial charge in [-0.3, -0.25) is 9.59 Å². The predicted molar refractivity (Wildman–Crippen MR) is 86.4 cm³/mol. The molecule has 1 aromatic rings. The van der Waals surface area contributed by atoms with Crippen LogP contribution in [0.1, 0.15) is 36.3 Å². The van der Waals surface area contributed by atoms with Gasteiger partial charge < -0.3 is 19.1 Å².